The Hall–Kier alpha value is -2.52. The quantitative estimate of drug-likeness (QED) is 0.220. The van der Waals surface area contributed by atoms with Gasteiger partial charge in [0.15, 0.2) is 12.6 Å². The van der Waals surface area contributed by atoms with Crippen LogP contribution < -0.4 is 4.74 Å². The van der Waals surface area contributed by atoms with E-state index in [-0.39, 0.29) is 49.4 Å². The normalized spacial score (nSPS) is 29.1. The third-order valence-corrected chi connectivity index (χ3v) is 7.71. The predicted molar refractivity (Wildman–Crippen MR) is 150 cm³/mol. The van der Waals surface area contributed by atoms with Crippen molar-refractivity contribution in [3.63, 3.8) is 0 Å². The van der Waals surface area contributed by atoms with E-state index in [0.29, 0.717) is 38.2 Å². The van der Waals surface area contributed by atoms with Crippen LogP contribution in [0.4, 0.5) is 4.39 Å². The van der Waals surface area contributed by atoms with Crippen LogP contribution in [0.25, 0.3) is 0 Å². The van der Waals surface area contributed by atoms with E-state index < -0.39 is 18.2 Å². The summed E-state index contributed by atoms with van der Waals surface area (Å²) in [6, 6.07) is 6.01. The Kier molecular flexibility index (Phi) is 12.9. The molecule has 8 nitrogen and oxygen atoms in total. The molecule has 41 heavy (non-hydrogen) atoms. The average molecular weight is 575 g/mol. The van der Waals surface area contributed by atoms with Crippen molar-refractivity contribution in [2.45, 2.75) is 95.1 Å². The Morgan fingerprint density at radius 2 is 1.90 bits per heavy atom. The van der Waals surface area contributed by atoms with Crippen molar-refractivity contribution in [3.8, 4) is 5.75 Å². The summed E-state index contributed by atoms with van der Waals surface area (Å²) >= 11 is 0. The largest absolute Gasteiger partial charge is 0.490 e. The zero-order valence-electron chi connectivity index (χ0n) is 23.6. The van der Waals surface area contributed by atoms with E-state index in [2.05, 4.69) is 5.73 Å². The van der Waals surface area contributed by atoms with Crippen LogP contribution in [0.3, 0.4) is 0 Å². The molecule has 1 aliphatic carbocycles. The number of hydrogen-bond acceptors (Lipinski definition) is 7. The maximum absolute atomic E-state index is 13.7. The van der Waals surface area contributed by atoms with Crippen molar-refractivity contribution < 1.29 is 43.1 Å². The number of aliphatic carboxylic acids is 1. The fourth-order valence-corrected chi connectivity index (χ4v) is 5.55. The van der Waals surface area contributed by atoms with Crippen LogP contribution in [0.1, 0.15) is 64.2 Å². The lowest BCUT2D eigenvalue weighted by Gasteiger charge is -2.29. The van der Waals surface area contributed by atoms with Crippen LogP contribution in [-0.2, 0) is 23.7 Å². The smallest absolute Gasteiger partial charge is 0.303 e. The summed E-state index contributed by atoms with van der Waals surface area (Å²) in [5.74, 6) is -1.05. The van der Waals surface area contributed by atoms with Crippen LogP contribution in [0, 0.1) is 17.7 Å². The molecule has 4 rings (SSSR count). The standard InChI is InChI=1S/C32H43FO8/c33-23-10-9-11-24(20-23)39-22-25(40-31-14-5-7-18-37-31)16-17-27-26(12-3-1-2-4-13-30(35)36)28(34)21-29(27)41-32-15-6-8-19-38-32/h2-3,9-11,16-17,20,25-29,31-32,34H,4-8,12-15,18-19,21-22H2,(H,35,36)/b17-16+/t1?,25?,26-,27-,28?,29?,31?,32?/m1/s1. The first kappa shape index (κ1) is 31.4. The van der Waals surface area contributed by atoms with Crippen molar-refractivity contribution in [3.05, 3.63) is 60.1 Å². The van der Waals surface area contributed by atoms with Gasteiger partial charge in [0.05, 0.1) is 12.2 Å². The molecule has 0 aromatic heterocycles. The number of hydrogen-bond donors (Lipinski definition) is 2. The van der Waals surface area contributed by atoms with Crippen molar-refractivity contribution in [2.24, 2.45) is 11.8 Å². The van der Waals surface area contributed by atoms with Gasteiger partial charge >= 0.3 is 5.97 Å². The Morgan fingerprint density at radius 1 is 1.12 bits per heavy atom. The van der Waals surface area contributed by atoms with Gasteiger partial charge in [-0.3, -0.25) is 4.79 Å². The number of carboxylic acids is 1. The van der Waals surface area contributed by atoms with Crippen LogP contribution in [-0.4, -0.2) is 66.9 Å². The number of carboxylic acid groups (broad SMARTS) is 1. The molecule has 3 aliphatic rings. The summed E-state index contributed by atoms with van der Waals surface area (Å²) in [7, 11) is 0. The molecule has 2 N–H and O–H groups in total. The van der Waals surface area contributed by atoms with E-state index in [9.17, 15) is 14.3 Å². The molecule has 2 aliphatic heterocycles. The highest BCUT2D eigenvalue weighted by atomic mass is 19.1. The van der Waals surface area contributed by atoms with Gasteiger partial charge in [-0.25, -0.2) is 4.39 Å². The summed E-state index contributed by atoms with van der Waals surface area (Å²) in [5.41, 5.74) is 3.06. The highest BCUT2D eigenvalue weighted by Gasteiger charge is 2.42. The second-order valence-corrected chi connectivity index (χ2v) is 10.9. The van der Waals surface area contributed by atoms with E-state index >= 15 is 0 Å². The van der Waals surface area contributed by atoms with Gasteiger partial charge in [-0.1, -0.05) is 18.2 Å². The zero-order valence-corrected chi connectivity index (χ0v) is 23.6. The van der Waals surface area contributed by atoms with Gasteiger partial charge < -0.3 is 33.9 Å². The predicted octanol–water partition coefficient (Wildman–Crippen LogP) is 5.55. The topological polar surface area (TPSA) is 104 Å². The van der Waals surface area contributed by atoms with Crippen molar-refractivity contribution in [2.75, 3.05) is 19.8 Å². The first-order valence-electron chi connectivity index (χ1n) is 14.9. The van der Waals surface area contributed by atoms with Gasteiger partial charge in [-0.2, -0.15) is 0 Å². The fraction of sp³-hybridized carbons (Fsp3) is 0.625. The van der Waals surface area contributed by atoms with Crippen LogP contribution in [0.5, 0.6) is 5.75 Å². The zero-order chi connectivity index (χ0) is 28.9. The highest BCUT2D eigenvalue weighted by molar-refractivity contribution is 5.66. The molecule has 0 bridgehead atoms. The van der Waals surface area contributed by atoms with Crippen molar-refractivity contribution in [1.82, 2.24) is 0 Å². The van der Waals surface area contributed by atoms with Gasteiger partial charge in [0, 0.05) is 38.0 Å². The van der Waals surface area contributed by atoms with Crippen LogP contribution >= 0.6 is 0 Å². The van der Waals surface area contributed by atoms with E-state index in [4.69, 9.17) is 28.8 Å². The number of benzene rings is 1. The minimum Gasteiger partial charge on any atom is -0.490 e. The second kappa shape index (κ2) is 16.8. The van der Waals surface area contributed by atoms with E-state index in [1.807, 2.05) is 18.2 Å². The molecular weight excluding hydrogens is 531 g/mol. The second-order valence-electron chi connectivity index (χ2n) is 10.9. The lowest BCUT2D eigenvalue weighted by molar-refractivity contribution is -0.193. The van der Waals surface area contributed by atoms with Gasteiger partial charge in [0.2, 0.25) is 0 Å². The molecular formula is C32H43FO8. The summed E-state index contributed by atoms with van der Waals surface area (Å²) in [6.07, 6.45) is 12.8. The molecule has 0 radical (unpaired) electrons. The SMILES string of the molecule is O=C(O)CCC=C=CC[C@H]1C(O)CC(OC2CCCCO2)[C@@H]1/C=C/C(COc1cccc(F)c1)OC1CCCCO1. The number of halogens is 1. The first-order chi connectivity index (χ1) is 20.0. The Labute approximate surface area is 241 Å². The molecule has 2 heterocycles. The molecule has 5 unspecified atom stereocenters. The number of aliphatic hydroxyl groups is 1. The lowest BCUT2D eigenvalue weighted by atomic mass is 9.89. The molecule has 0 amide bonds. The Morgan fingerprint density at radius 3 is 2.61 bits per heavy atom. The molecule has 3 fully saturated rings. The summed E-state index contributed by atoms with van der Waals surface area (Å²) in [6.45, 7) is 1.48. The highest BCUT2D eigenvalue weighted by Crippen LogP contribution is 2.39. The Bertz CT molecular complexity index is 1030. The van der Waals surface area contributed by atoms with E-state index in [1.54, 1.807) is 18.2 Å². The monoisotopic (exact) mass is 574 g/mol. The fourth-order valence-electron chi connectivity index (χ4n) is 5.55. The Balaban J connectivity index is 1.48. The summed E-state index contributed by atoms with van der Waals surface area (Å²) in [4.78, 5) is 10.8. The molecule has 1 aromatic rings. The number of aliphatic hydroxyl groups excluding tert-OH is 1. The maximum Gasteiger partial charge on any atom is 0.303 e. The van der Waals surface area contributed by atoms with Gasteiger partial charge in [-0.05, 0) is 81.6 Å². The molecule has 1 aromatic carbocycles. The minimum atomic E-state index is -0.846. The van der Waals surface area contributed by atoms with Crippen LogP contribution in [0.15, 0.2) is 54.3 Å². The van der Waals surface area contributed by atoms with E-state index in [1.165, 1.54) is 12.1 Å². The van der Waals surface area contributed by atoms with Gasteiger partial charge in [-0.15, -0.1) is 5.73 Å². The number of allylic oxidation sites excluding steroid dienone is 1. The molecule has 7 atom stereocenters. The summed E-state index contributed by atoms with van der Waals surface area (Å²) < 4.78 is 43.9. The van der Waals surface area contributed by atoms with E-state index in [0.717, 1.165) is 38.5 Å². The average Bonchev–Trinajstić information content (AvgIpc) is 3.26. The number of rotatable bonds is 14. The van der Waals surface area contributed by atoms with Gasteiger partial charge in [0.25, 0.3) is 0 Å². The van der Waals surface area contributed by atoms with Crippen molar-refractivity contribution in [1.29, 1.82) is 0 Å². The molecule has 0 spiro atoms. The number of ether oxygens (including phenoxy) is 5. The first-order valence-corrected chi connectivity index (χ1v) is 14.9. The lowest BCUT2D eigenvalue weighted by Crippen LogP contribution is -2.32. The molecule has 2 saturated heterocycles. The van der Waals surface area contributed by atoms with Crippen LogP contribution in [0.2, 0.25) is 0 Å². The molecule has 226 valence electrons. The maximum atomic E-state index is 13.7. The minimum absolute atomic E-state index is 0.0549. The van der Waals surface area contributed by atoms with Crippen molar-refractivity contribution >= 4 is 5.97 Å². The molecule has 1 saturated carbocycles. The third-order valence-electron chi connectivity index (χ3n) is 7.71. The molecule has 9 heteroatoms. The van der Waals surface area contributed by atoms with Gasteiger partial charge in [0.1, 0.15) is 24.3 Å². The summed E-state index contributed by atoms with van der Waals surface area (Å²) in [5, 5.41) is 19.9. The number of carbonyl (C=O) groups is 1. The third kappa shape index (κ3) is 10.7.